The third-order valence-electron chi connectivity index (χ3n) is 6.93. The van der Waals surface area contributed by atoms with E-state index in [0.29, 0.717) is 28.6 Å². The van der Waals surface area contributed by atoms with Gasteiger partial charge >= 0.3 is 5.97 Å². The Hall–Kier alpha value is -3.41. The van der Waals surface area contributed by atoms with Crippen LogP contribution in [0, 0.1) is 5.82 Å². The van der Waals surface area contributed by atoms with E-state index in [9.17, 15) is 18.8 Å². The van der Waals surface area contributed by atoms with Gasteiger partial charge in [-0.2, -0.15) is 0 Å². The van der Waals surface area contributed by atoms with E-state index in [1.165, 1.54) is 29.2 Å². The van der Waals surface area contributed by atoms with E-state index in [4.69, 9.17) is 17.0 Å². The van der Waals surface area contributed by atoms with Crippen LogP contribution in [0.5, 0.6) is 0 Å². The van der Waals surface area contributed by atoms with Crippen LogP contribution in [0.3, 0.4) is 0 Å². The number of nitrogens with zero attached hydrogens (tertiary/aromatic N) is 4. The fourth-order valence-corrected chi connectivity index (χ4v) is 5.16. The molecular weight excluding hydrogens is 521 g/mol. The zero-order valence-electron chi connectivity index (χ0n) is 22.3. The molecule has 9 nitrogen and oxygen atoms in total. The van der Waals surface area contributed by atoms with Crippen molar-refractivity contribution in [3.63, 3.8) is 0 Å². The summed E-state index contributed by atoms with van der Waals surface area (Å²) in [6, 6.07) is 11.2. The fraction of sp³-hybridized carbons (Fsp3) is 0.429. The van der Waals surface area contributed by atoms with Crippen molar-refractivity contribution in [1.82, 2.24) is 14.7 Å². The van der Waals surface area contributed by atoms with Crippen LogP contribution >= 0.6 is 12.2 Å². The monoisotopic (exact) mass is 555 g/mol. The van der Waals surface area contributed by atoms with Crippen LogP contribution in [0.2, 0.25) is 0 Å². The number of benzene rings is 2. The minimum atomic E-state index is -0.782. The summed E-state index contributed by atoms with van der Waals surface area (Å²) in [6.45, 7) is 7.39. The van der Waals surface area contributed by atoms with Gasteiger partial charge in [-0.3, -0.25) is 14.5 Å². The highest BCUT2D eigenvalue weighted by atomic mass is 32.1. The molecule has 2 aromatic carbocycles. The van der Waals surface area contributed by atoms with Crippen LogP contribution < -0.4 is 10.2 Å². The van der Waals surface area contributed by atoms with E-state index in [1.54, 1.807) is 31.2 Å². The zero-order valence-corrected chi connectivity index (χ0v) is 23.1. The van der Waals surface area contributed by atoms with Crippen molar-refractivity contribution in [2.75, 3.05) is 63.1 Å². The minimum Gasteiger partial charge on any atom is -0.462 e. The van der Waals surface area contributed by atoms with Crippen LogP contribution in [0.1, 0.15) is 30.1 Å². The Morgan fingerprint density at radius 2 is 1.69 bits per heavy atom. The van der Waals surface area contributed by atoms with E-state index in [-0.39, 0.29) is 24.8 Å². The number of piperazine rings is 1. The van der Waals surface area contributed by atoms with Crippen molar-refractivity contribution in [1.29, 1.82) is 0 Å². The highest BCUT2D eigenvalue weighted by Crippen LogP contribution is 2.28. The number of likely N-dealkylation sites (N-methyl/N-ethyl adjacent to an activating group) is 1. The van der Waals surface area contributed by atoms with Crippen molar-refractivity contribution in [3.8, 4) is 0 Å². The second-order valence-corrected chi connectivity index (χ2v) is 10.1. The average Bonchev–Trinajstić information content (AvgIpc) is 3.15. The van der Waals surface area contributed by atoms with Gasteiger partial charge in [0, 0.05) is 38.4 Å². The van der Waals surface area contributed by atoms with Crippen molar-refractivity contribution >= 4 is 46.5 Å². The van der Waals surface area contributed by atoms with Gasteiger partial charge in [-0.25, -0.2) is 9.18 Å². The van der Waals surface area contributed by atoms with E-state index < -0.39 is 17.8 Å². The first-order valence-electron chi connectivity index (χ1n) is 13.1. The summed E-state index contributed by atoms with van der Waals surface area (Å²) < 4.78 is 18.3. The van der Waals surface area contributed by atoms with Gasteiger partial charge < -0.3 is 24.8 Å². The van der Waals surface area contributed by atoms with Gasteiger partial charge in [0.1, 0.15) is 11.9 Å². The molecule has 2 aliphatic heterocycles. The molecule has 2 fully saturated rings. The van der Waals surface area contributed by atoms with E-state index in [2.05, 4.69) is 22.2 Å². The number of esters is 1. The molecule has 2 saturated heterocycles. The number of carbonyl (C=O) groups is 3. The number of anilines is 2. The molecule has 2 aliphatic rings. The average molecular weight is 556 g/mol. The maximum atomic E-state index is 13.6. The Kier molecular flexibility index (Phi) is 9.60. The predicted molar refractivity (Wildman–Crippen MR) is 151 cm³/mol. The molecule has 1 unspecified atom stereocenters. The van der Waals surface area contributed by atoms with Gasteiger partial charge in [0.05, 0.1) is 24.3 Å². The molecule has 0 bridgehead atoms. The summed E-state index contributed by atoms with van der Waals surface area (Å²) in [5.74, 6) is -1.52. The van der Waals surface area contributed by atoms with Gasteiger partial charge in [-0.1, -0.05) is 0 Å². The lowest BCUT2D eigenvalue weighted by Crippen LogP contribution is -2.45. The molecule has 0 aromatic heterocycles. The molecule has 0 spiro atoms. The summed E-state index contributed by atoms with van der Waals surface area (Å²) in [5.41, 5.74) is 1.34. The Balaban J connectivity index is 1.48. The number of ether oxygens (including phenoxy) is 1. The van der Waals surface area contributed by atoms with Crippen LogP contribution in [0.15, 0.2) is 48.5 Å². The topological polar surface area (TPSA) is 85.4 Å². The van der Waals surface area contributed by atoms with Crippen molar-refractivity contribution in [2.24, 2.45) is 0 Å². The maximum Gasteiger partial charge on any atom is 0.338 e. The second kappa shape index (κ2) is 13.1. The number of amides is 2. The lowest BCUT2D eigenvalue weighted by molar-refractivity contribution is -0.124. The van der Waals surface area contributed by atoms with Crippen LogP contribution in [-0.2, 0) is 14.3 Å². The highest BCUT2D eigenvalue weighted by Gasteiger charge is 2.44. The normalized spacial score (nSPS) is 18.5. The first kappa shape index (κ1) is 28.6. The van der Waals surface area contributed by atoms with Gasteiger partial charge in [0.2, 0.25) is 5.91 Å². The predicted octanol–water partition coefficient (Wildman–Crippen LogP) is 2.97. The van der Waals surface area contributed by atoms with Crippen LogP contribution in [-0.4, -0.2) is 96.6 Å². The van der Waals surface area contributed by atoms with E-state index in [1.807, 2.05) is 4.90 Å². The molecule has 2 amide bonds. The molecule has 39 heavy (non-hydrogen) atoms. The lowest BCUT2D eigenvalue weighted by Gasteiger charge is -2.33. The van der Waals surface area contributed by atoms with Gasteiger partial charge in [-0.15, -0.1) is 0 Å². The summed E-state index contributed by atoms with van der Waals surface area (Å²) in [5, 5.41) is 3.06. The van der Waals surface area contributed by atoms with Gasteiger partial charge in [0.15, 0.2) is 5.11 Å². The lowest BCUT2D eigenvalue weighted by atomic mass is 10.1. The molecule has 0 saturated carbocycles. The van der Waals surface area contributed by atoms with E-state index >= 15 is 0 Å². The number of carbonyl (C=O) groups excluding carboxylic acids is 3. The molecule has 2 heterocycles. The SMILES string of the molecule is CCOC(=O)c1ccc(N2C(=O)C(CC(=O)Nc3ccc(F)cc3)N(CCCN3CCN(C)CC3)C2=S)cc1. The number of halogens is 1. The summed E-state index contributed by atoms with van der Waals surface area (Å²) in [7, 11) is 2.11. The molecule has 1 N–H and O–H groups in total. The number of rotatable bonds is 10. The Bertz CT molecular complexity index is 1190. The molecule has 2 aromatic rings. The third-order valence-corrected chi connectivity index (χ3v) is 7.35. The van der Waals surface area contributed by atoms with E-state index in [0.717, 1.165) is 39.1 Å². The maximum absolute atomic E-state index is 13.6. The number of nitrogens with one attached hydrogen (secondary N) is 1. The minimum absolute atomic E-state index is 0.109. The fourth-order valence-electron chi connectivity index (χ4n) is 4.74. The van der Waals surface area contributed by atoms with Gasteiger partial charge in [0.25, 0.3) is 5.91 Å². The standard InChI is InChI=1S/C28H34FN5O4S/c1-3-38-27(37)20-5-11-23(12-6-20)34-26(36)24(19-25(35)30-22-9-7-21(29)8-10-22)33(28(34)39)14-4-13-32-17-15-31(2)16-18-32/h5-12,24H,3-4,13-19H2,1-2H3,(H,30,35). The van der Waals surface area contributed by atoms with Crippen molar-refractivity contribution < 1.29 is 23.5 Å². The first-order valence-corrected chi connectivity index (χ1v) is 13.6. The summed E-state index contributed by atoms with van der Waals surface area (Å²) >= 11 is 5.75. The molecule has 1 atom stereocenters. The molecule has 0 radical (unpaired) electrons. The quantitative estimate of drug-likeness (QED) is 0.354. The smallest absolute Gasteiger partial charge is 0.338 e. The Labute approximate surface area is 233 Å². The first-order chi connectivity index (χ1) is 18.8. The number of hydrogen-bond acceptors (Lipinski definition) is 7. The zero-order chi connectivity index (χ0) is 27.9. The van der Waals surface area contributed by atoms with Crippen molar-refractivity contribution in [2.45, 2.75) is 25.8 Å². The largest absolute Gasteiger partial charge is 0.462 e. The summed E-state index contributed by atoms with van der Waals surface area (Å²) in [6.07, 6.45) is 0.672. The van der Waals surface area contributed by atoms with Crippen molar-refractivity contribution in [3.05, 3.63) is 59.9 Å². The van der Waals surface area contributed by atoms with Crippen LogP contribution in [0.25, 0.3) is 0 Å². The molecule has 11 heteroatoms. The van der Waals surface area contributed by atoms with Gasteiger partial charge in [-0.05, 0) is 87.7 Å². The highest BCUT2D eigenvalue weighted by molar-refractivity contribution is 7.80. The molecular formula is C28H34FN5O4S. The molecule has 208 valence electrons. The molecule has 4 rings (SSSR count). The summed E-state index contributed by atoms with van der Waals surface area (Å²) in [4.78, 5) is 46.5. The number of hydrogen-bond donors (Lipinski definition) is 1. The second-order valence-electron chi connectivity index (χ2n) is 9.69. The number of thiocarbonyl (C=S) groups is 1. The third kappa shape index (κ3) is 7.17. The Morgan fingerprint density at radius 3 is 2.33 bits per heavy atom. The Morgan fingerprint density at radius 1 is 1.03 bits per heavy atom. The molecule has 0 aliphatic carbocycles. The van der Waals surface area contributed by atoms with Crippen LogP contribution in [0.4, 0.5) is 15.8 Å².